The minimum absolute atomic E-state index is 0.00458. The molecule has 5 atom stereocenters. The van der Waals surface area contributed by atoms with E-state index in [0.717, 1.165) is 44.3 Å². The summed E-state index contributed by atoms with van der Waals surface area (Å²) in [6.07, 6.45) is 4.65. The summed E-state index contributed by atoms with van der Waals surface area (Å²) in [6, 6.07) is 28.4. The molecule has 5 heteroatoms. The molecule has 3 aliphatic rings. The highest BCUT2D eigenvalue weighted by Gasteiger charge is 2.55. The highest BCUT2D eigenvalue weighted by Crippen LogP contribution is 2.59. The van der Waals surface area contributed by atoms with Crippen molar-refractivity contribution in [3.8, 4) is 0 Å². The van der Waals surface area contributed by atoms with Crippen LogP contribution >= 0.6 is 0 Å². The predicted molar refractivity (Wildman–Crippen MR) is 146 cm³/mol. The molecule has 3 aromatic carbocycles. The van der Waals surface area contributed by atoms with Crippen LogP contribution in [0.15, 0.2) is 84.9 Å². The number of carbonyl (C=O) groups is 2. The van der Waals surface area contributed by atoms with Crippen LogP contribution in [0.5, 0.6) is 0 Å². The Labute approximate surface area is 219 Å². The first-order valence-electron chi connectivity index (χ1n) is 13.6. The average molecular weight is 494 g/mol. The number of anilines is 1. The maximum atomic E-state index is 14.3. The van der Waals surface area contributed by atoms with E-state index >= 15 is 0 Å². The van der Waals surface area contributed by atoms with E-state index in [2.05, 4.69) is 77.1 Å². The Morgan fingerprint density at radius 1 is 0.892 bits per heavy atom. The van der Waals surface area contributed by atoms with Crippen LogP contribution in [0.2, 0.25) is 0 Å². The van der Waals surface area contributed by atoms with Gasteiger partial charge in [-0.25, -0.2) is 0 Å². The number of fused-ring (bicyclic) bond motifs is 3. The average Bonchev–Trinajstić information content (AvgIpc) is 3.32. The zero-order valence-corrected chi connectivity index (χ0v) is 21.4. The van der Waals surface area contributed by atoms with Gasteiger partial charge in [0.1, 0.15) is 0 Å². The van der Waals surface area contributed by atoms with E-state index in [1.54, 1.807) is 0 Å². The molecular weight excluding hydrogens is 458 g/mol. The van der Waals surface area contributed by atoms with Crippen molar-refractivity contribution < 1.29 is 9.59 Å². The normalized spacial score (nSPS) is 28.5. The molecule has 1 saturated heterocycles. The molecule has 1 saturated carbocycles. The standard InChI is InChI=1S/C32H35N3O2/c1-32-20-21-35(29(32)24-16-8-10-18-26(24)33-28(32)22-12-4-2-5-13-22)31(37)25-17-9-11-19-27(25)34-30(36)23-14-6-3-7-15-23/h2-8,10,12-16,18,25,27-29,33H,9,11,17,19-21H2,1H3,(H,34,36)/t25-,27+,28+,29+,32-/m0/s1. The largest absolute Gasteiger partial charge is 0.377 e. The van der Waals surface area contributed by atoms with Crippen molar-refractivity contribution in [1.29, 1.82) is 0 Å². The first-order valence-corrected chi connectivity index (χ1v) is 13.6. The molecule has 3 aromatic rings. The maximum absolute atomic E-state index is 14.3. The van der Waals surface area contributed by atoms with Crippen LogP contribution < -0.4 is 10.6 Å². The fraction of sp³-hybridized carbons (Fsp3) is 0.375. The van der Waals surface area contributed by atoms with Gasteiger partial charge < -0.3 is 15.5 Å². The minimum atomic E-state index is -0.194. The third-order valence-corrected chi connectivity index (χ3v) is 8.89. The van der Waals surface area contributed by atoms with Crippen LogP contribution in [0.4, 0.5) is 5.69 Å². The van der Waals surface area contributed by atoms with Gasteiger partial charge in [0.05, 0.1) is 18.0 Å². The first kappa shape index (κ1) is 23.8. The Morgan fingerprint density at radius 3 is 2.35 bits per heavy atom. The molecule has 0 spiro atoms. The van der Waals surface area contributed by atoms with Crippen molar-refractivity contribution in [2.45, 2.75) is 57.2 Å². The summed E-state index contributed by atoms with van der Waals surface area (Å²) in [4.78, 5) is 29.5. The molecule has 2 amide bonds. The van der Waals surface area contributed by atoms with Gasteiger partial charge in [0, 0.05) is 29.3 Å². The Morgan fingerprint density at radius 2 is 1.57 bits per heavy atom. The van der Waals surface area contributed by atoms with E-state index < -0.39 is 0 Å². The monoisotopic (exact) mass is 493 g/mol. The van der Waals surface area contributed by atoms with Gasteiger partial charge in [-0.1, -0.05) is 86.5 Å². The number of amides is 2. The van der Waals surface area contributed by atoms with Crippen LogP contribution in [0.25, 0.3) is 0 Å². The second-order valence-corrected chi connectivity index (χ2v) is 11.1. The van der Waals surface area contributed by atoms with Crippen molar-refractivity contribution >= 4 is 17.5 Å². The third-order valence-electron chi connectivity index (χ3n) is 8.89. The highest BCUT2D eigenvalue weighted by atomic mass is 16.2. The minimum Gasteiger partial charge on any atom is -0.377 e. The smallest absolute Gasteiger partial charge is 0.251 e. The van der Waals surface area contributed by atoms with Crippen LogP contribution in [-0.4, -0.2) is 29.3 Å². The molecule has 0 bridgehead atoms. The summed E-state index contributed by atoms with van der Waals surface area (Å²) in [5.41, 5.74) is 4.07. The zero-order valence-electron chi connectivity index (χ0n) is 21.4. The Balaban J connectivity index is 1.31. The summed E-state index contributed by atoms with van der Waals surface area (Å²) in [7, 11) is 0. The van der Waals surface area contributed by atoms with E-state index in [0.29, 0.717) is 5.56 Å². The number of likely N-dealkylation sites (tertiary alicyclic amines) is 1. The predicted octanol–water partition coefficient (Wildman–Crippen LogP) is 6.12. The van der Waals surface area contributed by atoms with Gasteiger partial charge in [-0.15, -0.1) is 0 Å². The molecule has 2 N–H and O–H groups in total. The van der Waals surface area contributed by atoms with Gasteiger partial charge in [0.2, 0.25) is 5.91 Å². The number of benzene rings is 3. The molecule has 2 aliphatic heterocycles. The molecule has 2 fully saturated rings. The van der Waals surface area contributed by atoms with Gasteiger partial charge in [-0.3, -0.25) is 9.59 Å². The van der Waals surface area contributed by atoms with Gasteiger partial charge in [-0.2, -0.15) is 0 Å². The molecule has 2 heterocycles. The lowest BCUT2D eigenvalue weighted by atomic mass is 9.68. The fourth-order valence-corrected chi connectivity index (χ4v) is 7.00. The lowest BCUT2D eigenvalue weighted by molar-refractivity contribution is -0.139. The van der Waals surface area contributed by atoms with E-state index in [9.17, 15) is 9.59 Å². The van der Waals surface area contributed by atoms with Crippen molar-refractivity contribution in [3.63, 3.8) is 0 Å². The van der Waals surface area contributed by atoms with Gasteiger partial charge >= 0.3 is 0 Å². The number of para-hydroxylation sites is 1. The van der Waals surface area contributed by atoms with Crippen molar-refractivity contribution in [1.82, 2.24) is 10.2 Å². The second kappa shape index (κ2) is 9.70. The number of nitrogens with one attached hydrogen (secondary N) is 2. The first-order chi connectivity index (χ1) is 18.1. The van der Waals surface area contributed by atoms with Crippen molar-refractivity contribution in [2.75, 3.05) is 11.9 Å². The van der Waals surface area contributed by atoms with Gasteiger partial charge in [0.25, 0.3) is 5.91 Å². The quantitative estimate of drug-likeness (QED) is 0.460. The molecule has 0 radical (unpaired) electrons. The molecule has 1 aliphatic carbocycles. The van der Waals surface area contributed by atoms with Gasteiger partial charge in [0.15, 0.2) is 0 Å². The third kappa shape index (κ3) is 4.20. The van der Waals surface area contributed by atoms with E-state index in [1.165, 1.54) is 11.1 Å². The summed E-state index contributed by atoms with van der Waals surface area (Å²) < 4.78 is 0. The van der Waals surface area contributed by atoms with E-state index in [1.807, 2.05) is 30.3 Å². The number of hydrogen-bond acceptors (Lipinski definition) is 3. The molecule has 5 nitrogen and oxygen atoms in total. The number of hydrogen-bond donors (Lipinski definition) is 2. The molecule has 0 aromatic heterocycles. The maximum Gasteiger partial charge on any atom is 0.251 e. The van der Waals surface area contributed by atoms with Gasteiger partial charge in [-0.05, 0) is 48.6 Å². The topological polar surface area (TPSA) is 61.4 Å². The number of rotatable bonds is 4. The lowest BCUT2D eigenvalue weighted by Gasteiger charge is -2.48. The zero-order chi connectivity index (χ0) is 25.4. The molecular formula is C32H35N3O2. The second-order valence-electron chi connectivity index (χ2n) is 11.1. The molecule has 0 unspecified atom stereocenters. The molecule has 37 heavy (non-hydrogen) atoms. The summed E-state index contributed by atoms with van der Waals surface area (Å²) in [6.45, 7) is 3.07. The Hall–Kier alpha value is -3.60. The Bertz CT molecular complexity index is 1280. The van der Waals surface area contributed by atoms with Crippen molar-refractivity contribution in [3.05, 3.63) is 102 Å². The number of nitrogens with zero attached hydrogens (tertiary/aromatic N) is 1. The summed E-state index contributed by atoms with van der Waals surface area (Å²) in [5, 5.41) is 7.05. The van der Waals surface area contributed by atoms with Crippen molar-refractivity contribution in [2.24, 2.45) is 11.3 Å². The summed E-state index contributed by atoms with van der Waals surface area (Å²) in [5.74, 6) is -0.0933. The summed E-state index contributed by atoms with van der Waals surface area (Å²) >= 11 is 0. The van der Waals surface area contributed by atoms with Crippen LogP contribution in [0, 0.1) is 11.3 Å². The van der Waals surface area contributed by atoms with Crippen LogP contribution in [0.1, 0.15) is 72.6 Å². The van der Waals surface area contributed by atoms with E-state index in [-0.39, 0.29) is 41.3 Å². The van der Waals surface area contributed by atoms with Crippen LogP contribution in [-0.2, 0) is 4.79 Å². The number of carbonyl (C=O) groups excluding carboxylic acids is 2. The molecule has 6 rings (SSSR count). The fourth-order valence-electron chi connectivity index (χ4n) is 7.00. The Kier molecular flexibility index (Phi) is 6.23. The SMILES string of the molecule is C[C@@]12CCN(C(=O)[C@H]3CCCC[C@H]3NC(=O)c3ccccc3)[C@@H]1c1ccccc1N[C@@H]2c1ccccc1. The lowest BCUT2D eigenvalue weighted by Crippen LogP contribution is -2.51. The van der Waals surface area contributed by atoms with E-state index in [4.69, 9.17) is 0 Å². The highest BCUT2D eigenvalue weighted by molar-refractivity contribution is 5.95. The van der Waals surface area contributed by atoms with Crippen LogP contribution in [0.3, 0.4) is 0 Å². The molecule has 190 valence electrons.